The Labute approximate surface area is 185 Å². The van der Waals surface area contributed by atoms with Crippen LogP contribution in [0.3, 0.4) is 0 Å². The van der Waals surface area contributed by atoms with Crippen LogP contribution in [0.25, 0.3) is 10.9 Å². The van der Waals surface area contributed by atoms with E-state index < -0.39 is 0 Å². The Balaban J connectivity index is 1.40. The molecule has 6 nitrogen and oxygen atoms in total. The zero-order valence-corrected chi connectivity index (χ0v) is 18.8. The number of rotatable bonds is 9. The summed E-state index contributed by atoms with van der Waals surface area (Å²) in [6, 6.07) is 4.19. The Kier molecular flexibility index (Phi) is 6.35. The molecule has 2 fully saturated rings. The molecule has 5 rings (SSSR count). The first kappa shape index (κ1) is 20.7. The number of hydrogen-bond donors (Lipinski definition) is 2. The van der Waals surface area contributed by atoms with Gasteiger partial charge in [0, 0.05) is 36.7 Å². The smallest absolute Gasteiger partial charge is 0.163 e. The van der Waals surface area contributed by atoms with E-state index in [0.29, 0.717) is 6.61 Å². The summed E-state index contributed by atoms with van der Waals surface area (Å²) in [6.07, 6.45) is 9.83. The molecular formula is C25H36N4O2. The lowest BCUT2D eigenvalue weighted by Gasteiger charge is -2.19. The molecule has 0 radical (unpaired) electrons. The van der Waals surface area contributed by atoms with Crippen LogP contribution in [0.1, 0.15) is 50.5 Å². The molecule has 6 heteroatoms. The molecule has 2 aromatic rings. The quantitative estimate of drug-likeness (QED) is 0.570. The van der Waals surface area contributed by atoms with Crippen molar-refractivity contribution in [2.45, 2.75) is 51.4 Å². The molecule has 2 N–H and O–H groups in total. The van der Waals surface area contributed by atoms with Gasteiger partial charge in [-0.2, -0.15) is 0 Å². The van der Waals surface area contributed by atoms with E-state index in [1.807, 2.05) is 0 Å². The highest BCUT2D eigenvalue weighted by atomic mass is 16.5. The molecule has 3 aliphatic rings. The van der Waals surface area contributed by atoms with Crippen molar-refractivity contribution in [2.24, 2.45) is 5.92 Å². The number of anilines is 2. The van der Waals surface area contributed by atoms with Crippen LogP contribution in [0.15, 0.2) is 12.1 Å². The number of pyridine rings is 1. The highest BCUT2D eigenvalue weighted by Crippen LogP contribution is 2.40. The van der Waals surface area contributed by atoms with Crippen LogP contribution in [0.4, 0.5) is 11.5 Å². The maximum atomic E-state index is 6.18. The summed E-state index contributed by atoms with van der Waals surface area (Å²) < 4.78 is 11.9. The van der Waals surface area contributed by atoms with Crippen molar-refractivity contribution in [2.75, 3.05) is 57.1 Å². The summed E-state index contributed by atoms with van der Waals surface area (Å²) in [6.45, 7) is 6.32. The highest BCUT2D eigenvalue weighted by Gasteiger charge is 2.24. The van der Waals surface area contributed by atoms with Gasteiger partial charge in [-0.15, -0.1) is 0 Å². The summed E-state index contributed by atoms with van der Waals surface area (Å²) in [4.78, 5) is 7.54. The number of nitrogens with zero attached hydrogens (tertiary/aromatic N) is 2. The molecule has 0 atom stereocenters. The summed E-state index contributed by atoms with van der Waals surface area (Å²) in [5, 5.41) is 8.48. The molecule has 1 aliphatic carbocycles. The van der Waals surface area contributed by atoms with Crippen molar-refractivity contribution in [1.82, 2.24) is 9.88 Å². The second-order valence-electron chi connectivity index (χ2n) is 9.29. The van der Waals surface area contributed by atoms with Gasteiger partial charge in [-0.3, -0.25) is 0 Å². The maximum absolute atomic E-state index is 6.18. The van der Waals surface area contributed by atoms with Crippen molar-refractivity contribution in [3.63, 3.8) is 0 Å². The lowest BCUT2D eigenvalue weighted by Crippen LogP contribution is -2.21. The monoisotopic (exact) mass is 424 g/mol. The number of methoxy groups -OCH3 is 1. The first-order valence-electron chi connectivity index (χ1n) is 12.2. The van der Waals surface area contributed by atoms with Crippen molar-refractivity contribution in [1.29, 1.82) is 0 Å². The number of aromatic nitrogens is 1. The minimum atomic E-state index is 0.703. The third-order valence-electron chi connectivity index (χ3n) is 6.86. The number of likely N-dealkylation sites (tertiary alicyclic amines) is 1. The van der Waals surface area contributed by atoms with E-state index in [0.717, 1.165) is 66.6 Å². The highest BCUT2D eigenvalue weighted by molar-refractivity contribution is 5.97. The average molecular weight is 425 g/mol. The van der Waals surface area contributed by atoms with E-state index >= 15 is 0 Å². The Morgan fingerprint density at radius 3 is 2.81 bits per heavy atom. The van der Waals surface area contributed by atoms with Gasteiger partial charge in [-0.1, -0.05) is 0 Å². The van der Waals surface area contributed by atoms with Gasteiger partial charge < -0.3 is 25.0 Å². The molecule has 0 bridgehead atoms. The Morgan fingerprint density at radius 2 is 2.00 bits per heavy atom. The standard InChI is InChI=1S/C25H36N4O2/c1-30-22-15-20-21(16-23(22)31-14-6-13-29-11-4-5-12-29)28-25-19(7-2-3-10-26-25)24(20)27-17-18-8-9-18/h15-16,18H,2-14,17H2,1H3,(H2,26,27,28). The Bertz CT molecular complexity index is 906. The van der Waals surface area contributed by atoms with Crippen LogP contribution >= 0.6 is 0 Å². The second-order valence-corrected chi connectivity index (χ2v) is 9.29. The summed E-state index contributed by atoms with van der Waals surface area (Å²) >= 11 is 0. The average Bonchev–Trinajstić information content (AvgIpc) is 3.53. The number of ether oxygens (including phenoxy) is 2. The molecule has 0 unspecified atom stereocenters. The number of benzene rings is 1. The number of fused-ring (bicyclic) bond motifs is 2. The molecule has 0 spiro atoms. The molecule has 3 heterocycles. The van der Waals surface area contributed by atoms with Crippen molar-refractivity contribution in [3.05, 3.63) is 17.7 Å². The first-order chi connectivity index (χ1) is 15.3. The van der Waals surface area contributed by atoms with E-state index in [1.165, 1.54) is 62.9 Å². The zero-order chi connectivity index (χ0) is 21.0. The van der Waals surface area contributed by atoms with E-state index in [4.69, 9.17) is 14.5 Å². The van der Waals surface area contributed by atoms with Crippen LogP contribution in [0, 0.1) is 5.92 Å². The van der Waals surface area contributed by atoms with E-state index in [-0.39, 0.29) is 0 Å². The summed E-state index contributed by atoms with van der Waals surface area (Å²) in [7, 11) is 1.73. The van der Waals surface area contributed by atoms with Gasteiger partial charge in [-0.25, -0.2) is 4.98 Å². The topological polar surface area (TPSA) is 58.6 Å². The van der Waals surface area contributed by atoms with Crippen LogP contribution in [0.5, 0.6) is 11.5 Å². The van der Waals surface area contributed by atoms with Crippen molar-refractivity contribution in [3.8, 4) is 11.5 Å². The predicted octanol–water partition coefficient (Wildman–Crippen LogP) is 4.68. The summed E-state index contributed by atoms with van der Waals surface area (Å²) in [5.74, 6) is 3.45. The van der Waals surface area contributed by atoms with Gasteiger partial charge in [0.15, 0.2) is 11.5 Å². The van der Waals surface area contributed by atoms with Gasteiger partial charge >= 0.3 is 0 Å². The van der Waals surface area contributed by atoms with Gasteiger partial charge in [0.25, 0.3) is 0 Å². The first-order valence-corrected chi connectivity index (χ1v) is 12.2. The fourth-order valence-electron chi connectivity index (χ4n) is 4.85. The van der Waals surface area contributed by atoms with E-state index in [1.54, 1.807) is 7.11 Å². The number of hydrogen-bond acceptors (Lipinski definition) is 6. The molecule has 1 saturated heterocycles. The third-order valence-corrected chi connectivity index (χ3v) is 6.86. The minimum Gasteiger partial charge on any atom is -0.493 e. The van der Waals surface area contributed by atoms with Crippen LogP contribution in [0.2, 0.25) is 0 Å². The third kappa shape index (κ3) is 4.84. The lowest BCUT2D eigenvalue weighted by molar-refractivity contribution is 0.254. The molecule has 1 aromatic heterocycles. The molecule has 0 amide bonds. The largest absolute Gasteiger partial charge is 0.493 e. The SMILES string of the molecule is COc1cc2c(NCC3CC3)c3c(nc2cc1OCCCN1CCCC1)NCCCC3. The lowest BCUT2D eigenvalue weighted by atomic mass is 10.0. The maximum Gasteiger partial charge on any atom is 0.163 e. The van der Waals surface area contributed by atoms with Crippen molar-refractivity contribution >= 4 is 22.4 Å². The van der Waals surface area contributed by atoms with Crippen LogP contribution in [-0.2, 0) is 6.42 Å². The molecule has 31 heavy (non-hydrogen) atoms. The van der Waals surface area contributed by atoms with E-state index in [2.05, 4.69) is 27.7 Å². The van der Waals surface area contributed by atoms with Crippen molar-refractivity contribution < 1.29 is 9.47 Å². The fourth-order valence-corrected chi connectivity index (χ4v) is 4.85. The van der Waals surface area contributed by atoms with Gasteiger partial charge in [-0.05, 0) is 76.4 Å². The van der Waals surface area contributed by atoms with E-state index in [9.17, 15) is 0 Å². The van der Waals surface area contributed by atoms with Crippen LogP contribution in [-0.4, -0.2) is 56.3 Å². The molecule has 1 aromatic carbocycles. The molecule has 1 saturated carbocycles. The number of nitrogens with one attached hydrogen (secondary N) is 2. The van der Waals surface area contributed by atoms with Gasteiger partial charge in [0.2, 0.25) is 0 Å². The Hall–Kier alpha value is -2.21. The summed E-state index contributed by atoms with van der Waals surface area (Å²) in [5.41, 5.74) is 3.54. The normalized spacial score (nSPS) is 19.0. The Morgan fingerprint density at radius 1 is 1.13 bits per heavy atom. The van der Waals surface area contributed by atoms with Gasteiger partial charge in [0.05, 0.1) is 24.9 Å². The van der Waals surface area contributed by atoms with Crippen LogP contribution < -0.4 is 20.1 Å². The molecule has 2 aliphatic heterocycles. The molecular weight excluding hydrogens is 388 g/mol. The zero-order valence-electron chi connectivity index (χ0n) is 18.8. The van der Waals surface area contributed by atoms with Gasteiger partial charge in [0.1, 0.15) is 5.82 Å². The second kappa shape index (κ2) is 9.51. The molecule has 168 valence electrons. The fraction of sp³-hybridized carbons (Fsp3) is 0.640. The predicted molar refractivity (Wildman–Crippen MR) is 127 cm³/mol. The minimum absolute atomic E-state index is 0.703.